The molecule has 1 atom stereocenters. The first-order valence-electron chi connectivity index (χ1n) is 5.84. The van der Waals surface area contributed by atoms with Crippen molar-refractivity contribution in [3.05, 3.63) is 29.3 Å². The molecule has 2 rings (SSSR count). The predicted molar refractivity (Wildman–Crippen MR) is 64.5 cm³/mol. The zero-order valence-electron chi connectivity index (χ0n) is 10.1. The molecule has 5 heteroatoms. The van der Waals surface area contributed by atoms with E-state index in [1.165, 1.54) is 11.0 Å². The van der Waals surface area contributed by atoms with Gasteiger partial charge in [-0.15, -0.1) is 0 Å². The summed E-state index contributed by atoms with van der Waals surface area (Å²) in [5.41, 5.74) is 0.849. The number of likely N-dealkylation sites (tertiary alicyclic amines) is 1. The number of phenolic OH excluding ortho intramolecular Hbond substituents is 1. The minimum atomic E-state index is -0.973. The lowest BCUT2D eigenvalue weighted by atomic mass is 10.1. The van der Waals surface area contributed by atoms with Crippen molar-refractivity contribution in [1.82, 2.24) is 4.90 Å². The molecule has 1 fully saturated rings. The van der Waals surface area contributed by atoms with Gasteiger partial charge in [-0.2, -0.15) is 0 Å². The summed E-state index contributed by atoms with van der Waals surface area (Å²) >= 11 is 0. The molecule has 1 aliphatic rings. The molecule has 5 nitrogen and oxygen atoms in total. The van der Waals surface area contributed by atoms with Crippen molar-refractivity contribution in [2.45, 2.75) is 25.8 Å². The second kappa shape index (κ2) is 4.68. The van der Waals surface area contributed by atoms with Gasteiger partial charge in [0, 0.05) is 17.7 Å². The molecule has 0 bridgehead atoms. The fourth-order valence-corrected chi connectivity index (χ4v) is 2.28. The second-order valence-electron chi connectivity index (χ2n) is 4.44. The van der Waals surface area contributed by atoms with Crippen LogP contribution in [0.1, 0.15) is 28.8 Å². The Morgan fingerprint density at radius 1 is 1.39 bits per heavy atom. The van der Waals surface area contributed by atoms with Crippen molar-refractivity contribution in [3.63, 3.8) is 0 Å². The number of hydrogen-bond acceptors (Lipinski definition) is 3. The van der Waals surface area contributed by atoms with E-state index in [-0.39, 0.29) is 11.7 Å². The summed E-state index contributed by atoms with van der Waals surface area (Å²) < 4.78 is 0. The third kappa shape index (κ3) is 2.03. The van der Waals surface area contributed by atoms with Crippen LogP contribution >= 0.6 is 0 Å². The topological polar surface area (TPSA) is 77.8 Å². The number of aliphatic carboxylic acids is 1. The third-order valence-corrected chi connectivity index (χ3v) is 3.33. The lowest BCUT2D eigenvalue weighted by Crippen LogP contribution is -2.40. The number of benzene rings is 1. The molecular formula is C13H15NO4. The standard InChI is InChI=1S/C13H15NO4/c1-8-9(4-2-6-11(8)15)12(16)14-7-3-5-10(14)13(17)18/h2,4,6,10,15H,3,5,7H2,1H3,(H,17,18)/t10-/m0/s1. The van der Waals surface area contributed by atoms with E-state index in [1.54, 1.807) is 19.1 Å². The van der Waals surface area contributed by atoms with E-state index in [1.807, 2.05) is 0 Å². The van der Waals surface area contributed by atoms with Crippen LogP contribution in [0.5, 0.6) is 5.75 Å². The van der Waals surface area contributed by atoms with Crippen LogP contribution in [0, 0.1) is 6.92 Å². The molecule has 2 N–H and O–H groups in total. The minimum absolute atomic E-state index is 0.0481. The van der Waals surface area contributed by atoms with Gasteiger partial charge in [0.2, 0.25) is 0 Å². The third-order valence-electron chi connectivity index (χ3n) is 3.33. The van der Waals surface area contributed by atoms with Gasteiger partial charge >= 0.3 is 5.97 Å². The Kier molecular flexibility index (Phi) is 3.23. The molecule has 18 heavy (non-hydrogen) atoms. The smallest absolute Gasteiger partial charge is 0.326 e. The molecule has 0 saturated carbocycles. The molecular weight excluding hydrogens is 234 g/mol. The van der Waals surface area contributed by atoms with E-state index in [2.05, 4.69) is 0 Å². The Balaban J connectivity index is 2.31. The minimum Gasteiger partial charge on any atom is -0.508 e. The maximum absolute atomic E-state index is 12.3. The number of rotatable bonds is 2. The highest BCUT2D eigenvalue weighted by atomic mass is 16.4. The number of carbonyl (C=O) groups excluding carboxylic acids is 1. The van der Waals surface area contributed by atoms with Gasteiger partial charge in [0.1, 0.15) is 11.8 Å². The molecule has 0 spiro atoms. The van der Waals surface area contributed by atoms with E-state index in [4.69, 9.17) is 5.11 Å². The Morgan fingerprint density at radius 3 is 2.78 bits per heavy atom. The van der Waals surface area contributed by atoms with Crippen LogP contribution in [0.2, 0.25) is 0 Å². The zero-order valence-corrected chi connectivity index (χ0v) is 10.1. The lowest BCUT2D eigenvalue weighted by molar-refractivity contribution is -0.141. The molecule has 0 unspecified atom stereocenters. The number of amides is 1. The van der Waals surface area contributed by atoms with Crippen molar-refractivity contribution in [2.24, 2.45) is 0 Å². The van der Waals surface area contributed by atoms with Crippen molar-refractivity contribution in [3.8, 4) is 5.75 Å². The summed E-state index contributed by atoms with van der Waals surface area (Å²) in [7, 11) is 0. The van der Waals surface area contributed by atoms with Crippen molar-refractivity contribution >= 4 is 11.9 Å². The SMILES string of the molecule is Cc1c(O)cccc1C(=O)N1CCC[C@H]1C(=O)O. The van der Waals surface area contributed by atoms with Crippen LogP contribution in [0.3, 0.4) is 0 Å². The summed E-state index contributed by atoms with van der Waals surface area (Å²) in [6.45, 7) is 2.10. The van der Waals surface area contributed by atoms with Gasteiger partial charge in [0.05, 0.1) is 0 Å². The Hall–Kier alpha value is -2.04. The number of carboxylic acid groups (broad SMARTS) is 1. The van der Waals surface area contributed by atoms with Gasteiger partial charge in [-0.05, 0) is 31.9 Å². The van der Waals surface area contributed by atoms with Gasteiger partial charge in [-0.25, -0.2) is 4.79 Å². The molecule has 1 heterocycles. The van der Waals surface area contributed by atoms with Gasteiger partial charge in [0.25, 0.3) is 5.91 Å². The molecule has 0 aliphatic carbocycles. The van der Waals surface area contributed by atoms with Crippen molar-refractivity contribution < 1.29 is 19.8 Å². The summed E-state index contributed by atoms with van der Waals surface area (Å²) in [5, 5.41) is 18.6. The highest BCUT2D eigenvalue weighted by molar-refractivity contribution is 5.98. The summed E-state index contributed by atoms with van der Waals surface area (Å²) in [6.07, 6.45) is 1.18. The van der Waals surface area contributed by atoms with Gasteiger partial charge in [-0.3, -0.25) is 4.79 Å². The fourth-order valence-electron chi connectivity index (χ4n) is 2.28. The number of phenols is 1. The van der Waals surface area contributed by atoms with Gasteiger partial charge < -0.3 is 15.1 Å². The quantitative estimate of drug-likeness (QED) is 0.830. The molecule has 1 aromatic rings. The number of nitrogens with zero attached hydrogens (tertiary/aromatic N) is 1. The van der Waals surface area contributed by atoms with Gasteiger partial charge in [0.15, 0.2) is 0 Å². The van der Waals surface area contributed by atoms with E-state index in [0.29, 0.717) is 30.5 Å². The monoisotopic (exact) mass is 249 g/mol. The van der Waals surface area contributed by atoms with Crippen LogP contribution < -0.4 is 0 Å². The average molecular weight is 249 g/mol. The normalized spacial score (nSPS) is 18.9. The van der Waals surface area contributed by atoms with Crippen LogP contribution in [0.25, 0.3) is 0 Å². The van der Waals surface area contributed by atoms with Gasteiger partial charge in [-0.1, -0.05) is 6.07 Å². The largest absolute Gasteiger partial charge is 0.508 e. The van der Waals surface area contributed by atoms with E-state index in [9.17, 15) is 14.7 Å². The first kappa shape index (κ1) is 12.4. The Morgan fingerprint density at radius 2 is 2.11 bits per heavy atom. The maximum Gasteiger partial charge on any atom is 0.326 e. The molecule has 1 aromatic carbocycles. The van der Waals surface area contributed by atoms with Crippen molar-refractivity contribution in [2.75, 3.05) is 6.54 Å². The van der Waals surface area contributed by atoms with Crippen molar-refractivity contribution in [1.29, 1.82) is 0 Å². The highest BCUT2D eigenvalue weighted by Crippen LogP contribution is 2.25. The van der Waals surface area contributed by atoms with E-state index >= 15 is 0 Å². The molecule has 96 valence electrons. The van der Waals surface area contributed by atoms with Crippen LogP contribution in [-0.2, 0) is 4.79 Å². The number of hydrogen-bond donors (Lipinski definition) is 2. The van der Waals surface area contributed by atoms with Crippen LogP contribution in [0.4, 0.5) is 0 Å². The number of carboxylic acids is 1. The first-order chi connectivity index (χ1) is 8.52. The summed E-state index contributed by atoms with van der Waals surface area (Å²) in [5.74, 6) is -1.25. The van der Waals surface area contributed by atoms with Crippen LogP contribution in [0.15, 0.2) is 18.2 Å². The Labute approximate surface area is 105 Å². The summed E-state index contributed by atoms with van der Waals surface area (Å²) in [4.78, 5) is 24.7. The maximum atomic E-state index is 12.3. The molecule has 1 aliphatic heterocycles. The summed E-state index contributed by atoms with van der Waals surface area (Å²) in [6, 6.07) is 3.94. The Bertz CT molecular complexity index is 498. The second-order valence-corrected chi connectivity index (χ2v) is 4.44. The zero-order chi connectivity index (χ0) is 13.3. The van der Waals surface area contributed by atoms with Crippen LogP contribution in [-0.4, -0.2) is 39.6 Å². The molecule has 0 aromatic heterocycles. The van der Waals surface area contributed by atoms with E-state index in [0.717, 1.165) is 0 Å². The molecule has 0 radical (unpaired) electrons. The fraction of sp³-hybridized carbons (Fsp3) is 0.385. The number of aromatic hydroxyl groups is 1. The molecule has 1 saturated heterocycles. The predicted octanol–water partition coefficient (Wildman–Crippen LogP) is 1.39. The first-order valence-corrected chi connectivity index (χ1v) is 5.84. The molecule has 1 amide bonds. The lowest BCUT2D eigenvalue weighted by Gasteiger charge is -2.22. The average Bonchev–Trinajstić information content (AvgIpc) is 2.81. The van der Waals surface area contributed by atoms with E-state index < -0.39 is 12.0 Å². The number of carbonyl (C=O) groups is 2. The highest BCUT2D eigenvalue weighted by Gasteiger charge is 2.34.